The first-order valence-corrected chi connectivity index (χ1v) is 10.1. The van der Waals surface area contributed by atoms with Crippen molar-refractivity contribution in [3.8, 4) is 0 Å². The Morgan fingerprint density at radius 3 is 1.96 bits per heavy atom. The predicted octanol–water partition coefficient (Wildman–Crippen LogP) is 4.66. The molecule has 28 heavy (non-hydrogen) atoms. The summed E-state index contributed by atoms with van der Waals surface area (Å²) in [6, 6.07) is 19.5. The smallest absolute Gasteiger partial charge is 0.331 e. The molecule has 2 aromatic carbocycles. The van der Waals surface area contributed by atoms with Gasteiger partial charge in [-0.3, -0.25) is 4.99 Å². The molecule has 0 aliphatic carbocycles. The molecule has 0 bridgehead atoms. The van der Waals surface area contributed by atoms with Crippen molar-refractivity contribution in [3.05, 3.63) is 71.8 Å². The number of rotatable bonds is 6. The minimum Gasteiger partial charge on any atom is -0.464 e. The van der Waals surface area contributed by atoms with E-state index in [1.807, 2.05) is 67.6 Å². The van der Waals surface area contributed by atoms with E-state index in [2.05, 4.69) is 13.8 Å². The van der Waals surface area contributed by atoms with Crippen LogP contribution in [-0.4, -0.2) is 36.5 Å². The quantitative estimate of drug-likeness (QED) is 0.542. The molecule has 0 aromatic heterocycles. The zero-order chi connectivity index (χ0) is 19.9. The van der Waals surface area contributed by atoms with Gasteiger partial charge < -0.3 is 9.47 Å². The molecule has 4 heteroatoms. The van der Waals surface area contributed by atoms with Gasteiger partial charge >= 0.3 is 5.97 Å². The van der Waals surface area contributed by atoms with E-state index in [1.165, 1.54) is 0 Å². The lowest BCUT2D eigenvalue weighted by atomic mass is 9.86. The number of benzene rings is 2. The minimum atomic E-state index is -0.538. The Balaban J connectivity index is 2.04. The second-order valence-corrected chi connectivity index (χ2v) is 7.40. The normalized spacial score (nSPS) is 22.9. The zero-order valence-corrected chi connectivity index (χ0v) is 16.9. The number of ether oxygens (including phenoxy) is 2. The Morgan fingerprint density at radius 2 is 1.50 bits per heavy atom. The van der Waals surface area contributed by atoms with Crippen LogP contribution in [0.1, 0.15) is 44.7 Å². The van der Waals surface area contributed by atoms with Crippen molar-refractivity contribution >= 4 is 11.7 Å². The van der Waals surface area contributed by atoms with Crippen LogP contribution in [0.3, 0.4) is 0 Å². The summed E-state index contributed by atoms with van der Waals surface area (Å²) in [5, 5.41) is 0. The lowest BCUT2D eigenvalue weighted by Crippen LogP contribution is -2.39. The molecule has 1 heterocycles. The fourth-order valence-electron chi connectivity index (χ4n) is 3.94. The summed E-state index contributed by atoms with van der Waals surface area (Å²) in [4.78, 5) is 17.9. The molecule has 0 saturated carbocycles. The summed E-state index contributed by atoms with van der Waals surface area (Å²) >= 11 is 0. The van der Waals surface area contributed by atoms with Crippen LogP contribution in [0.4, 0.5) is 0 Å². The summed E-state index contributed by atoms with van der Waals surface area (Å²) in [6.45, 7) is 6.31. The van der Waals surface area contributed by atoms with E-state index in [9.17, 15) is 4.79 Å². The molecule has 1 aliphatic rings. The minimum absolute atomic E-state index is 0.0974. The van der Waals surface area contributed by atoms with Gasteiger partial charge in [-0.25, -0.2) is 4.79 Å². The molecule has 3 unspecified atom stereocenters. The molecule has 1 fully saturated rings. The van der Waals surface area contributed by atoms with Gasteiger partial charge in [0.2, 0.25) is 0 Å². The van der Waals surface area contributed by atoms with Gasteiger partial charge in [-0.2, -0.15) is 0 Å². The van der Waals surface area contributed by atoms with Gasteiger partial charge in [0.05, 0.1) is 24.5 Å². The second kappa shape index (κ2) is 9.65. The maximum Gasteiger partial charge on any atom is 0.331 e. The highest BCUT2D eigenvalue weighted by Gasteiger charge is 2.36. The van der Waals surface area contributed by atoms with Crippen LogP contribution in [0.5, 0.6) is 0 Å². The van der Waals surface area contributed by atoms with Gasteiger partial charge in [0.25, 0.3) is 0 Å². The van der Waals surface area contributed by atoms with E-state index >= 15 is 0 Å². The fraction of sp³-hybridized carbons (Fsp3) is 0.417. The van der Waals surface area contributed by atoms with E-state index in [-0.39, 0.29) is 24.1 Å². The Hall–Kier alpha value is -2.46. The average molecular weight is 380 g/mol. The molecule has 0 N–H and O–H groups in total. The standard InChI is InChI=1S/C24H29NO3/c1-4-27-24(26)23(21-15-17(2)28-18(3)16-21)25-22(19-11-7-5-8-12-19)20-13-9-6-10-14-20/h5-14,17-18,21,23H,4,15-16H2,1-3H3. The van der Waals surface area contributed by atoms with Crippen LogP contribution in [0, 0.1) is 5.92 Å². The molecule has 3 rings (SSSR count). The topological polar surface area (TPSA) is 47.9 Å². The first-order valence-electron chi connectivity index (χ1n) is 10.1. The number of aliphatic imine (C=N–C) groups is 1. The third-order valence-corrected chi connectivity index (χ3v) is 5.07. The summed E-state index contributed by atoms with van der Waals surface area (Å²) in [5.74, 6) is -0.154. The molecule has 1 aliphatic heterocycles. The van der Waals surface area contributed by atoms with Crippen LogP contribution < -0.4 is 0 Å². The van der Waals surface area contributed by atoms with Crippen LogP contribution in [-0.2, 0) is 14.3 Å². The Morgan fingerprint density at radius 1 is 1.00 bits per heavy atom. The maximum absolute atomic E-state index is 12.9. The number of carbonyl (C=O) groups excluding carboxylic acids is 1. The van der Waals surface area contributed by atoms with Gasteiger partial charge in [0.15, 0.2) is 6.04 Å². The monoisotopic (exact) mass is 379 g/mol. The first-order chi connectivity index (χ1) is 13.6. The average Bonchev–Trinajstić information content (AvgIpc) is 2.69. The highest BCUT2D eigenvalue weighted by Crippen LogP contribution is 2.30. The van der Waals surface area contributed by atoms with Crippen molar-refractivity contribution < 1.29 is 14.3 Å². The predicted molar refractivity (Wildman–Crippen MR) is 112 cm³/mol. The summed E-state index contributed by atoms with van der Waals surface area (Å²) < 4.78 is 11.3. The molecule has 1 saturated heterocycles. The zero-order valence-electron chi connectivity index (χ0n) is 16.9. The number of esters is 1. The molecule has 2 aromatic rings. The lowest BCUT2D eigenvalue weighted by Gasteiger charge is -2.34. The van der Waals surface area contributed by atoms with Crippen LogP contribution in [0.2, 0.25) is 0 Å². The van der Waals surface area contributed by atoms with E-state index in [4.69, 9.17) is 14.5 Å². The van der Waals surface area contributed by atoms with E-state index in [1.54, 1.807) is 0 Å². The summed E-state index contributed by atoms with van der Waals surface area (Å²) in [7, 11) is 0. The van der Waals surface area contributed by atoms with Gasteiger partial charge in [0, 0.05) is 11.1 Å². The van der Waals surface area contributed by atoms with Gasteiger partial charge in [-0.15, -0.1) is 0 Å². The lowest BCUT2D eigenvalue weighted by molar-refractivity contribution is -0.148. The number of hydrogen-bond acceptors (Lipinski definition) is 4. The van der Waals surface area contributed by atoms with Crippen molar-refractivity contribution in [1.29, 1.82) is 0 Å². The van der Waals surface area contributed by atoms with E-state index < -0.39 is 6.04 Å². The van der Waals surface area contributed by atoms with E-state index in [0.717, 1.165) is 29.7 Å². The van der Waals surface area contributed by atoms with Crippen molar-refractivity contribution in [2.45, 2.75) is 51.9 Å². The molecule has 148 valence electrons. The molecule has 4 nitrogen and oxygen atoms in total. The molecule has 0 spiro atoms. The first kappa shape index (κ1) is 20.3. The molecule has 0 radical (unpaired) electrons. The molecule has 0 amide bonds. The number of hydrogen-bond donors (Lipinski definition) is 0. The number of carbonyl (C=O) groups is 1. The molecular weight excluding hydrogens is 350 g/mol. The van der Waals surface area contributed by atoms with Gasteiger partial charge in [-0.05, 0) is 39.5 Å². The van der Waals surface area contributed by atoms with Crippen LogP contribution in [0.25, 0.3) is 0 Å². The third kappa shape index (κ3) is 5.08. The largest absolute Gasteiger partial charge is 0.464 e. The van der Waals surface area contributed by atoms with Crippen molar-refractivity contribution in [1.82, 2.24) is 0 Å². The Kier molecular flexibility index (Phi) is 6.99. The van der Waals surface area contributed by atoms with Gasteiger partial charge in [0.1, 0.15) is 0 Å². The summed E-state index contributed by atoms with van der Waals surface area (Å²) in [5.41, 5.74) is 2.82. The van der Waals surface area contributed by atoms with Crippen molar-refractivity contribution in [2.75, 3.05) is 6.61 Å². The maximum atomic E-state index is 12.9. The fourth-order valence-corrected chi connectivity index (χ4v) is 3.94. The van der Waals surface area contributed by atoms with Gasteiger partial charge in [-0.1, -0.05) is 60.7 Å². The molecular formula is C24H29NO3. The van der Waals surface area contributed by atoms with Crippen molar-refractivity contribution in [3.63, 3.8) is 0 Å². The van der Waals surface area contributed by atoms with Crippen LogP contribution in [0.15, 0.2) is 65.7 Å². The second-order valence-electron chi connectivity index (χ2n) is 7.40. The Labute approximate surface area is 167 Å². The molecule has 3 atom stereocenters. The SMILES string of the molecule is CCOC(=O)C(N=C(c1ccccc1)c1ccccc1)C1CC(C)OC(C)C1. The third-order valence-electron chi connectivity index (χ3n) is 5.07. The highest BCUT2D eigenvalue weighted by molar-refractivity contribution is 6.13. The Bertz CT molecular complexity index is 737. The van der Waals surface area contributed by atoms with Crippen LogP contribution >= 0.6 is 0 Å². The summed E-state index contributed by atoms with van der Waals surface area (Å²) in [6.07, 6.45) is 1.82. The highest BCUT2D eigenvalue weighted by atomic mass is 16.5. The number of nitrogens with zero attached hydrogens (tertiary/aromatic N) is 1. The van der Waals surface area contributed by atoms with E-state index in [0.29, 0.717) is 6.61 Å². The van der Waals surface area contributed by atoms with Crippen molar-refractivity contribution in [2.24, 2.45) is 10.9 Å².